The molecule has 3 aromatic heterocycles. The van der Waals surface area contributed by atoms with Gasteiger partial charge in [-0.25, -0.2) is 9.97 Å². The van der Waals surface area contributed by atoms with Crippen LogP contribution in [0.1, 0.15) is 35.1 Å². The summed E-state index contributed by atoms with van der Waals surface area (Å²) in [7, 11) is -1.31. The van der Waals surface area contributed by atoms with Gasteiger partial charge in [0.2, 0.25) is 0 Å². The summed E-state index contributed by atoms with van der Waals surface area (Å²) in [6, 6.07) is 18.7. The zero-order chi connectivity index (χ0) is 27.0. The molecule has 5 rings (SSSR count). The van der Waals surface area contributed by atoms with Crippen LogP contribution in [0.2, 0.25) is 19.6 Å². The molecule has 0 aliphatic heterocycles. The summed E-state index contributed by atoms with van der Waals surface area (Å²) >= 11 is 0. The Morgan fingerprint density at radius 1 is 0.947 bits per heavy atom. The minimum atomic E-state index is -1.31. The van der Waals surface area contributed by atoms with E-state index in [1.807, 2.05) is 36.0 Å². The fraction of sp³-hybridized carbons (Fsp3) is 0.300. The van der Waals surface area contributed by atoms with Gasteiger partial charge in [0, 0.05) is 29.4 Å². The normalized spacial score (nSPS) is 11.7. The first-order chi connectivity index (χ1) is 18.1. The molecule has 0 aliphatic carbocycles. The minimum absolute atomic E-state index is 0.639. The Morgan fingerprint density at radius 3 is 2.37 bits per heavy atom. The van der Waals surface area contributed by atoms with E-state index in [0.29, 0.717) is 12.1 Å². The summed E-state index contributed by atoms with van der Waals surface area (Å²) < 4.78 is 4.16. The lowest BCUT2D eigenvalue weighted by Gasteiger charge is -2.14. The number of fused-ring (bicyclic) bond motifs is 1. The molecule has 2 aromatic carbocycles. The van der Waals surface area contributed by atoms with Crippen LogP contribution in [0.4, 0.5) is 0 Å². The van der Waals surface area contributed by atoms with Crippen LogP contribution in [0.3, 0.4) is 0 Å². The molecule has 0 spiro atoms. The zero-order valence-corrected chi connectivity index (χ0v) is 23.9. The van der Waals surface area contributed by atoms with Gasteiger partial charge in [-0.1, -0.05) is 62.1 Å². The van der Waals surface area contributed by atoms with Gasteiger partial charge in [-0.3, -0.25) is 4.68 Å². The van der Waals surface area contributed by atoms with Crippen molar-refractivity contribution >= 4 is 19.2 Å². The second-order valence-corrected chi connectivity index (χ2v) is 16.6. The molecular weight excluding hydrogens is 486 g/mol. The summed E-state index contributed by atoms with van der Waals surface area (Å²) in [5, 5.41) is 18.6. The molecule has 0 N–H and O–H groups in total. The molecule has 0 saturated heterocycles. The molecule has 0 aliphatic rings. The maximum atomic E-state index is 9.81. The van der Waals surface area contributed by atoms with Crippen LogP contribution >= 0.6 is 0 Å². The minimum Gasteiger partial charge on any atom is -0.308 e. The van der Waals surface area contributed by atoms with Gasteiger partial charge in [-0.15, -0.1) is 5.10 Å². The maximum absolute atomic E-state index is 9.81. The van der Waals surface area contributed by atoms with Gasteiger partial charge >= 0.3 is 0 Å². The lowest BCUT2D eigenvalue weighted by atomic mass is 9.96. The van der Waals surface area contributed by atoms with E-state index in [0.717, 1.165) is 68.8 Å². The summed E-state index contributed by atoms with van der Waals surface area (Å²) in [6.07, 6.45) is 3.77. The van der Waals surface area contributed by atoms with E-state index in [1.54, 1.807) is 0 Å². The number of nitriles is 1. The number of pyridine rings is 1. The van der Waals surface area contributed by atoms with Crippen LogP contribution in [0.25, 0.3) is 33.5 Å². The highest BCUT2D eigenvalue weighted by atomic mass is 28.3. The number of rotatable bonds is 7. The lowest BCUT2D eigenvalue weighted by Crippen LogP contribution is -2.28. The van der Waals surface area contributed by atoms with Crippen molar-refractivity contribution < 1.29 is 0 Å². The Morgan fingerprint density at radius 2 is 1.68 bits per heavy atom. The SMILES string of the molecule is CCc1nc2c(C)cc(C)nc2n1Cc1ccc(-c2cc(-c3cn(C[Si](C)(C)C)nn3)ccc2C#N)cc1. The van der Waals surface area contributed by atoms with Crippen molar-refractivity contribution in [1.29, 1.82) is 5.26 Å². The average Bonchev–Trinajstić information content (AvgIpc) is 3.48. The zero-order valence-electron chi connectivity index (χ0n) is 22.9. The van der Waals surface area contributed by atoms with Crippen molar-refractivity contribution in [3.63, 3.8) is 0 Å². The smallest absolute Gasteiger partial charge is 0.160 e. The molecule has 5 aromatic rings. The van der Waals surface area contributed by atoms with Crippen LogP contribution in [-0.4, -0.2) is 37.6 Å². The van der Waals surface area contributed by atoms with Gasteiger partial charge in [-0.05, 0) is 48.7 Å². The average molecular weight is 520 g/mol. The summed E-state index contributed by atoms with van der Waals surface area (Å²) in [5.74, 6) is 1.03. The van der Waals surface area contributed by atoms with E-state index >= 15 is 0 Å². The lowest BCUT2D eigenvalue weighted by molar-refractivity contribution is 0.681. The van der Waals surface area contributed by atoms with E-state index in [2.05, 4.69) is 84.8 Å². The molecule has 3 heterocycles. The van der Waals surface area contributed by atoms with Crippen molar-refractivity contribution in [2.24, 2.45) is 0 Å². The Kier molecular flexibility index (Phi) is 6.72. The molecule has 8 heteroatoms. The van der Waals surface area contributed by atoms with Crippen LogP contribution in [0.5, 0.6) is 0 Å². The van der Waals surface area contributed by atoms with E-state index in [9.17, 15) is 5.26 Å². The van der Waals surface area contributed by atoms with Crippen LogP contribution in [-0.2, 0) is 19.1 Å². The highest BCUT2D eigenvalue weighted by Gasteiger charge is 2.17. The molecule has 7 nitrogen and oxygen atoms in total. The fourth-order valence-electron chi connectivity index (χ4n) is 4.89. The number of benzene rings is 2. The van der Waals surface area contributed by atoms with Gasteiger partial charge in [0.25, 0.3) is 0 Å². The molecule has 38 heavy (non-hydrogen) atoms. The van der Waals surface area contributed by atoms with Gasteiger partial charge in [0.15, 0.2) is 5.65 Å². The number of hydrogen-bond acceptors (Lipinski definition) is 5. The molecule has 0 radical (unpaired) electrons. The third kappa shape index (κ3) is 5.15. The van der Waals surface area contributed by atoms with E-state index in [1.165, 1.54) is 0 Å². The Balaban J connectivity index is 1.46. The first-order valence-electron chi connectivity index (χ1n) is 13.0. The molecule has 0 saturated carbocycles. The van der Waals surface area contributed by atoms with Crippen molar-refractivity contribution in [3.05, 3.63) is 82.9 Å². The molecule has 0 unspecified atom stereocenters. The van der Waals surface area contributed by atoms with Crippen molar-refractivity contribution in [2.45, 2.75) is 59.5 Å². The van der Waals surface area contributed by atoms with Crippen LogP contribution < -0.4 is 0 Å². The summed E-state index contributed by atoms with van der Waals surface area (Å²) in [6.45, 7) is 13.9. The summed E-state index contributed by atoms with van der Waals surface area (Å²) in [5.41, 5.74) is 9.53. The van der Waals surface area contributed by atoms with Crippen LogP contribution in [0, 0.1) is 25.2 Å². The maximum Gasteiger partial charge on any atom is 0.160 e. The van der Waals surface area contributed by atoms with E-state index < -0.39 is 8.07 Å². The number of nitrogens with zero attached hydrogens (tertiary/aromatic N) is 7. The molecular formula is C30H33N7Si. The molecule has 0 amide bonds. The third-order valence-corrected chi connectivity index (χ3v) is 7.91. The van der Waals surface area contributed by atoms with Gasteiger partial charge in [0.1, 0.15) is 17.0 Å². The van der Waals surface area contributed by atoms with Gasteiger partial charge in [0.05, 0.1) is 32.4 Å². The Bertz CT molecular complexity index is 1660. The van der Waals surface area contributed by atoms with Gasteiger partial charge < -0.3 is 4.57 Å². The first-order valence-corrected chi connectivity index (χ1v) is 16.7. The predicted molar refractivity (Wildman–Crippen MR) is 154 cm³/mol. The van der Waals surface area contributed by atoms with Crippen molar-refractivity contribution in [1.82, 2.24) is 29.5 Å². The molecule has 0 bridgehead atoms. The number of aromatic nitrogens is 6. The van der Waals surface area contributed by atoms with E-state index in [-0.39, 0.29) is 0 Å². The van der Waals surface area contributed by atoms with Crippen LogP contribution in [0.15, 0.2) is 54.7 Å². The second-order valence-electron chi connectivity index (χ2n) is 11.2. The number of imidazole rings is 1. The summed E-state index contributed by atoms with van der Waals surface area (Å²) in [4.78, 5) is 9.67. The topological polar surface area (TPSA) is 85.2 Å². The fourth-order valence-corrected chi connectivity index (χ4v) is 6.02. The van der Waals surface area contributed by atoms with Gasteiger partial charge in [-0.2, -0.15) is 5.26 Å². The second kappa shape index (κ2) is 9.99. The van der Waals surface area contributed by atoms with E-state index in [4.69, 9.17) is 9.97 Å². The quantitative estimate of drug-likeness (QED) is 0.234. The Labute approximate surface area is 224 Å². The van der Waals surface area contributed by atoms with Crippen molar-refractivity contribution in [3.8, 4) is 28.5 Å². The molecule has 0 atom stereocenters. The number of hydrogen-bond donors (Lipinski definition) is 0. The monoisotopic (exact) mass is 519 g/mol. The predicted octanol–water partition coefficient (Wildman–Crippen LogP) is 6.33. The van der Waals surface area contributed by atoms with Crippen molar-refractivity contribution in [2.75, 3.05) is 0 Å². The first kappa shape index (κ1) is 25.6. The Hall–Kier alpha value is -4.09. The highest BCUT2D eigenvalue weighted by molar-refractivity contribution is 6.74. The molecule has 192 valence electrons. The standard InChI is InChI=1S/C30H33N7Si/c1-7-28-33-29-20(2)14-21(3)32-30(29)37(28)17-22-8-10-23(11-9-22)26-15-24(12-13-25(26)16-31)27-18-36(35-34-27)19-38(4,5)6/h8-15,18H,7,17,19H2,1-6H3. The highest BCUT2D eigenvalue weighted by Crippen LogP contribution is 2.30. The third-order valence-electron chi connectivity index (χ3n) is 6.63. The largest absolute Gasteiger partial charge is 0.308 e. The number of aryl methyl sites for hydroxylation is 3. The molecule has 0 fully saturated rings.